The Bertz CT molecular complexity index is 464. The Kier molecular flexibility index (Phi) is 4.48. The topological polar surface area (TPSA) is 81.2 Å². The maximum Gasteiger partial charge on any atom is 0.232 e. The van der Waals surface area contributed by atoms with Gasteiger partial charge in [-0.1, -0.05) is 0 Å². The molecule has 0 atom stereocenters. The average molecular weight is 310 g/mol. The zero-order chi connectivity index (χ0) is 12.2. The third-order valence-corrected chi connectivity index (χ3v) is 3.15. The number of methoxy groups -OCH3 is 1. The van der Waals surface area contributed by atoms with E-state index in [1.54, 1.807) is 0 Å². The summed E-state index contributed by atoms with van der Waals surface area (Å²) in [6.07, 6.45) is 2.71. The lowest BCUT2D eigenvalue weighted by molar-refractivity contribution is 0.394. The fraction of sp³-hybridized carbons (Fsp3) is 0.500. The summed E-state index contributed by atoms with van der Waals surface area (Å²) in [6, 6.07) is 0. The average Bonchev–Trinajstić information content (AvgIpc) is 2.18. The summed E-state index contributed by atoms with van der Waals surface area (Å²) in [7, 11) is -1.48. The van der Waals surface area contributed by atoms with E-state index >= 15 is 0 Å². The third-order valence-electron chi connectivity index (χ3n) is 1.66. The molecule has 0 aliphatic carbocycles. The third kappa shape index (κ3) is 4.31. The quantitative estimate of drug-likeness (QED) is 0.862. The molecule has 0 radical (unpaired) electrons. The number of anilines is 1. The van der Waals surface area contributed by atoms with Gasteiger partial charge in [0.15, 0.2) is 0 Å². The SMILES string of the molecule is COc1nc(NCCS(C)(=O)=O)ncc1Br. The maximum absolute atomic E-state index is 10.9. The first kappa shape index (κ1) is 13.2. The summed E-state index contributed by atoms with van der Waals surface area (Å²) in [5.74, 6) is 0.773. The maximum atomic E-state index is 10.9. The Hall–Kier alpha value is -0.890. The van der Waals surface area contributed by atoms with Crippen molar-refractivity contribution in [2.45, 2.75) is 0 Å². The second-order valence-corrected chi connectivity index (χ2v) is 6.22. The minimum absolute atomic E-state index is 0.0364. The Morgan fingerprint density at radius 1 is 1.56 bits per heavy atom. The van der Waals surface area contributed by atoms with Crippen LogP contribution in [0.1, 0.15) is 0 Å². The van der Waals surface area contributed by atoms with Crippen molar-refractivity contribution in [1.82, 2.24) is 9.97 Å². The minimum atomic E-state index is -2.98. The molecule has 0 spiro atoms. The van der Waals surface area contributed by atoms with Crippen molar-refractivity contribution in [2.75, 3.05) is 31.0 Å². The molecule has 6 nitrogen and oxygen atoms in total. The normalized spacial score (nSPS) is 11.2. The van der Waals surface area contributed by atoms with Gasteiger partial charge in [0, 0.05) is 12.8 Å². The first-order valence-electron chi connectivity index (χ1n) is 4.40. The van der Waals surface area contributed by atoms with Crippen molar-refractivity contribution in [2.24, 2.45) is 0 Å². The molecule has 1 N–H and O–H groups in total. The van der Waals surface area contributed by atoms with Gasteiger partial charge in [0.2, 0.25) is 11.8 Å². The van der Waals surface area contributed by atoms with E-state index in [9.17, 15) is 8.42 Å². The van der Waals surface area contributed by atoms with E-state index in [1.165, 1.54) is 19.6 Å². The molecule has 90 valence electrons. The summed E-state index contributed by atoms with van der Waals surface area (Å²) in [4.78, 5) is 7.99. The summed E-state index contributed by atoms with van der Waals surface area (Å²) in [5.41, 5.74) is 0. The number of nitrogens with zero attached hydrogens (tertiary/aromatic N) is 2. The predicted octanol–water partition coefficient (Wildman–Crippen LogP) is 0.704. The lowest BCUT2D eigenvalue weighted by Gasteiger charge is -2.06. The number of aromatic nitrogens is 2. The highest BCUT2D eigenvalue weighted by Crippen LogP contribution is 2.21. The number of hydrogen-bond donors (Lipinski definition) is 1. The molecule has 0 unspecified atom stereocenters. The zero-order valence-corrected chi connectivity index (χ0v) is 11.3. The van der Waals surface area contributed by atoms with E-state index in [0.29, 0.717) is 16.3 Å². The van der Waals surface area contributed by atoms with Gasteiger partial charge in [-0.3, -0.25) is 0 Å². The fourth-order valence-electron chi connectivity index (χ4n) is 0.928. The summed E-state index contributed by atoms with van der Waals surface area (Å²) in [5, 5.41) is 2.80. The number of halogens is 1. The van der Waals surface area contributed by atoms with E-state index in [0.717, 1.165) is 0 Å². The Balaban J connectivity index is 2.61. The van der Waals surface area contributed by atoms with Crippen LogP contribution in [-0.2, 0) is 9.84 Å². The van der Waals surface area contributed by atoms with Gasteiger partial charge in [0.05, 0.1) is 23.5 Å². The molecule has 16 heavy (non-hydrogen) atoms. The Morgan fingerprint density at radius 3 is 2.81 bits per heavy atom. The predicted molar refractivity (Wildman–Crippen MR) is 64.5 cm³/mol. The smallest absolute Gasteiger partial charge is 0.232 e. The van der Waals surface area contributed by atoms with Crippen molar-refractivity contribution in [1.29, 1.82) is 0 Å². The van der Waals surface area contributed by atoms with Gasteiger partial charge in [-0.05, 0) is 15.9 Å². The van der Waals surface area contributed by atoms with Crippen LogP contribution in [0.4, 0.5) is 5.95 Å². The molecule has 1 aromatic rings. The summed E-state index contributed by atoms with van der Waals surface area (Å²) in [6.45, 7) is 0.267. The van der Waals surface area contributed by atoms with Crippen molar-refractivity contribution < 1.29 is 13.2 Å². The van der Waals surface area contributed by atoms with E-state index in [2.05, 4.69) is 31.2 Å². The van der Waals surface area contributed by atoms with Crippen LogP contribution in [0.5, 0.6) is 5.88 Å². The van der Waals surface area contributed by atoms with Gasteiger partial charge in [0.25, 0.3) is 0 Å². The van der Waals surface area contributed by atoms with Gasteiger partial charge in [-0.25, -0.2) is 13.4 Å². The zero-order valence-electron chi connectivity index (χ0n) is 8.90. The first-order chi connectivity index (χ1) is 7.42. The molecule has 0 saturated carbocycles. The van der Waals surface area contributed by atoms with Crippen LogP contribution >= 0.6 is 15.9 Å². The van der Waals surface area contributed by atoms with E-state index < -0.39 is 9.84 Å². The van der Waals surface area contributed by atoms with Gasteiger partial charge in [-0.15, -0.1) is 0 Å². The molecular formula is C8H12BrN3O3S. The molecule has 1 rings (SSSR count). The van der Waals surface area contributed by atoms with Crippen molar-refractivity contribution in [3.8, 4) is 5.88 Å². The number of sulfone groups is 1. The molecule has 0 aliphatic heterocycles. The molecular weight excluding hydrogens is 298 g/mol. The molecule has 0 aliphatic rings. The van der Waals surface area contributed by atoms with Gasteiger partial charge in [0.1, 0.15) is 9.84 Å². The van der Waals surface area contributed by atoms with Crippen LogP contribution in [0.25, 0.3) is 0 Å². The van der Waals surface area contributed by atoms with Crippen LogP contribution in [0.15, 0.2) is 10.7 Å². The van der Waals surface area contributed by atoms with Crippen LogP contribution in [0.2, 0.25) is 0 Å². The molecule has 1 heterocycles. The van der Waals surface area contributed by atoms with Crippen molar-refractivity contribution in [3.63, 3.8) is 0 Å². The molecule has 0 aromatic carbocycles. The standard InChI is InChI=1S/C8H12BrN3O3S/c1-15-7-6(9)5-11-8(12-7)10-3-4-16(2,13)14/h5H,3-4H2,1-2H3,(H,10,11,12). The Morgan fingerprint density at radius 2 is 2.25 bits per heavy atom. The summed E-state index contributed by atoms with van der Waals surface area (Å²) >= 11 is 3.22. The van der Waals surface area contributed by atoms with E-state index in [-0.39, 0.29) is 12.3 Å². The number of ether oxygens (including phenoxy) is 1. The lowest BCUT2D eigenvalue weighted by Crippen LogP contribution is -2.15. The van der Waals surface area contributed by atoms with Crippen LogP contribution < -0.4 is 10.1 Å². The summed E-state index contributed by atoms with van der Waals surface area (Å²) < 4.78 is 27.4. The fourth-order valence-corrected chi connectivity index (χ4v) is 1.75. The Labute approximate surface area is 102 Å². The molecule has 1 aromatic heterocycles. The van der Waals surface area contributed by atoms with Gasteiger partial charge >= 0.3 is 0 Å². The second kappa shape index (κ2) is 5.44. The molecule has 0 amide bonds. The lowest BCUT2D eigenvalue weighted by atomic mass is 10.6. The largest absolute Gasteiger partial charge is 0.480 e. The minimum Gasteiger partial charge on any atom is -0.480 e. The highest BCUT2D eigenvalue weighted by Gasteiger charge is 2.06. The van der Waals surface area contributed by atoms with Crippen LogP contribution in [0.3, 0.4) is 0 Å². The van der Waals surface area contributed by atoms with Crippen LogP contribution in [-0.4, -0.2) is 44.0 Å². The first-order valence-corrected chi connectivity index (χ1v) is 7.26. The van der Waals surface area contributed by atoms with E-state index in [1.807, 2.05) is 0 Å². The van der Waals surface area contributed by atoms with Gasteiger partial charge < -0.3 is 10.1 Å². The van der Waals surface area contributed by atoms with Crippen molar-refractivity contribution in [3.05, 3.63) is 10.7 Å². The van der Waals surface area contributed by atoms with Crippen LogP contribution in [0, 0.1) is 0 Å². The number of rotatable bonds is 5. The van der Waals surface area contributed by atoms with E-state index in [4.69, 9.17) is 4.74 Å². The van der Waals surface area contributed by atoms with Gasteiger partial charge in [-0.2, -0.15) is 4.98 Å². The molecule has 8 heteroatoms. The monoisotopic (exact) mass is 309 g/mol. The number of hydrogen-bond acceptors (Lipinski definition) is 6. The number of nitrogens with one attached hydrogen (secondary N) is 1. The molecule has 0 bridgehead atoms. The second-order valence-electron chi connectivity index (χ2n) is 3.11. The highest BCUT2D eigenvalue weighted by molar-refractivity contribution is 9.10. The molecule has 0 saturated heterocycles. The van der Waals surface area contributed by atoms with Crippen molar-refractivity contribution >= 4 is 31.7 Å². The molecule has 0 fully saturated rings. The highest BCUT2D eigenvalue weighted by atomic mass is 79.9.